The summed E-state index contributed by atoms with van der Waals surface area (Å²) in [5.41, 5.74) is 19.8. The van der Waals surface area contributed by atoms with E-state index in [0.29, 0.717) is 36.9 Å². The van der Waals surface area contributed by atoms with Crippen LogP contribution < -0.4 is 59.7 Å². The maximum absolute atomic E-state index is 14.4. The summed E-state index contributed by atoms with van der Waals surface area (Å²) in [7, 11) is 0. The van der Waals surface area contributed by atoms with Crippen molar-refractivity contribution in [2.24, 2.45) is 29.0 Å². The highest BCUT2D eigenvalue weighted by atomic mass is 16.4. The molecule has 1 unspecified atom stereocenters. The van der Waals surface area contributed by atoms with E-state index in [0.717, 1.165) is 16.5 Å². The minimum Gasteiger partial charge on any atom is -0.508 e. The topological polar surface area (TPSA) is 391 Å². The van der Waals surface area contributed by atoms with Crippen molar-refractivity contribution in [3.05, 3.63) is 102 Å². The number of phenols is 1. The number of fused-ring (bicyclic) bond motifs is 1. The highest BCUT2D eigenvalue weighted by Gasteiger charge is 2.35. The van der Waals surface area contributed by atoms with Crippen molar-refractivity contribution < 1.29 is 48.6 Å². The average molecular weight is 1050 g/mol. The predicted octanol–water partition coefficient (Wildman–Crippen LogP) is 0.0426. The molecule has 23 heteroatoms. The van der Waals surface area contributed by atoms with Gasteiger partial charge in [-0.2, -0.15) is 0 Å². The lowest BCUT2D eigenvalue weighted by atomic mass is 9.98. The Labute approximate surface area is 441 Å². The number of amides is 7. The Hall–Kier alpha value is -8.05. The average Bonchev–Trinajstić information content (AvgIpc) is 3.79. The van der Waals surface area contributed by atoms with E-state index in [9.17, 15) is 48.6 Å². The fourth-order valence-electron chi connectivity index (χ4n) is 8.20. The van der Waals surface area contributed by atoms with E-state index in [4.69, 9.17) is 22.6 Å². The second kappa shape index (κ2) is 30.4. The molecule has 0 aliphatic carbocycles. The van der Waals surface area contributed by atoms with Crippen LogP contribution in [0.2, 0.25) is 0 Å². The van der Waals surface area contributed by atoms with E-state index >= 15 is 0 Å². The fraction of sp³-hybridized carbons (Fsp3) is 0.453. The van der Waals surface area contributed by atoms with Crippen molar-refractivity contribution in [2.75, 3.05) is 19.6 Å². The molecule has 4 aromatic rings. The maximum atomic E-state index is 14.4. The summed E-state index contributed by atoms with van der Waals surface area (Å²) in [5.74, 6) is -7.97. The van der Waals surface area contributed by atoms with E-state index < -0.39 is 108 Å². The third kappa shape index (κ3) is 19.7. The number of nitrogens with two attached hydrogens (primary N) is 3. The minimum atomic E-state index is -1.39. The molecule has 0 aliphatic rings. The number of carbonyl (C=O) groups excluding carboxylic acids is 7. The first-order valence-electron chi connectivity index (χ1n) is 25.4. The molecule has 0 radical (unpaired) electrons. The molecule has 23 nitrogen and oxygen atoms in total. The van der Waals surface area contributed by atoms with Gasteiger partial charge < -0.3 is 74.9 Å². The molecule has 3 aromatic carbocycles. The minimum absolute atomic E-state index is 0.0335. The summed E-state index contributed by atoms with van der Waals surface area (Å²) in [5, 5.41) is 49.3. The van der Waals surface area contributed by atoms with Crippen LogP contribution in [-0.2, 0) is 57.6 Å². The molecule has 7 atom stereocenters. The normalized spacial score (nSPS) is 13.9. The third-order valence-corrected chi connectivity index (χ3v) is 12.5. The number of hydrogen-bond donors (Lipinski definition) is 15. The summed E-state index contributed by atoms with van der Waals surface area (Å²) in [4.78, 5) is 113. The van der Waals surface area contributed by atoms with Gasteiger partial charge in [0.1, 0.15) is 42.0 Å². The largest absolute Gasteiger partial charge is 0.508 e. The number of aromatic amines is 1. The van der Waals surface area contributed by atoms with Crippen molar-refractivity contribution in [1.82, 2.24) is 47.5 Å². The smallest absolute Gasteiger partial charge is 0.326 e. The van der Waals surface area contributed by atoms with Gasteiger partial charge in [-0.3, -0.25) is 39.0 Å². The Kier molecular flexibility index (Phi) is 24.2. The van der Waals surface area contributed by atoms with Crippen LogP contribution in [0.3, 0.4) is 0 Å². The number of hydrogen-bond acceptors (Lipinski definition) is 12. The quantitative estimate of drug-likeness (QED) is 0.0180. The molecule has 412 valence electrons. The number of rotatable bonds is 31. The number of carboxylic acid groups (broad SMARTS) is 1. The van der Waals surface area contributed by atoms with E-state index in [1.807, 2.05) is 24.3 Å². The molecule has 0 bridgehead atoms. The lowest BCUT2D eigenvalue weighted by molar-refractivity contribution is -0.142. The van der Waals surface area contributed by atoms with Gasteiger partial charge in [0.2, 0.25) is 41.4 Å². The van der Waals surface area contributed by atoms with Crippen LogP contribution in [0.5, 0.6) is 5.75 Å². The highest BCUT2D eigenvalue weighted by molar-refractivity contribution is 5.97. The zero-order valence-corrected chi connectivity index (χ0v) is 43.4. The standard InChI is InChI=1S/C53H75N13O10/c1-30(2)44(65-43(68)29-60-47(70)42(62-46(69)37(55)16-10-11-23-54)27-34-28-59-38-17-9-8-15-36(34)38)51(74)66-45(31(3)4)50(73)64-41(26-33-19-21-35(67)22-20-33)49(72)63-40(25-32-13-6-5-7-14-32)48(71)61-39(52(75)76)18-12-24-58-53(56)57/h5-9,13-15,17,19-22,28,30-31,37,39-42,44-45,59,67H,10-12,16,18,23-27,29,54-55H2,1-4H3,(H,60,70)(H,61,71)(H,62,69)(H,63,72)(H,64,73)(H,65,68)(H,66,74)(H,75,76)(H4,56,57,58)/t37-,39-,40-,41-,42-,44-,45?/m1/s1. The Morgan fingerprint density at radius 3 is 1.74 bits per heavy atom. The summed E-state index contributed by atoms with van der Waals surface area (Å²) in [6.07, 6.45) is 3.40. The Balaban J connectivity index is 1.50. The molecule has 1 aromatic heterocycles. The first-order chi connectivity index (χ1) is 36.2. The fourth-order valence-corrected chi connectivity index (χ4v) is 8.20. The molecule has 1 heterocycles. The molecule has 0 spiro atoms. The molecule has 0 saturated carbocycles. The number of carbonyl (C=O) groups is 8. The van der Waals surface area contributed by atoms with Crippen LogP contribution in [0.1, 0.15) is 76.5 Å². The molecular formula is C53H75N13O10. The van der Waals surface area contributed by atoms with Crippen LogP contribution in [0.15, 0.2) is 85.1 Å². The predicted molar refractivity (Wildman–Crippen MR) is 286 cm³/mol. The number of aromatic hydroxyl groups is 1. The molecule has 0 saturated heterocycles. The number of guanidine groups is 1. The number of carboxylic acids is 1. The Bertz CT molecular complexity index is 2590. The first-order valence-corrected chi connectivity index (χ1v) is 25.4. The number of para-hydroxylation sites is 1. The van der Waals surface area contributed by atoms with Crippen LogP contribution in [-0.4, -0.2) is 130 Å². The van der Waals surface area contributed by atoms with Crippen LogP contribution in [0.4, 0.5) is 0 Å². The number of phenolic OH excluding ortho intramolecular Hbond substituents is 1. The van der Waals surface area contributed by atoms with Crippen molar-refractivity contribution in [3.8, 4) is 5.75 Å². The molecular weight excluding hydrogens is 979 g/mol. The number of benzene rings is 3. The van der Waals surface area contributed by atoms with Crippen LogP contribution in [0.25, 0.3) is 10.9 Å². The highest BCUT2D eigenvalue weighted by Crippen LogP contribution is 2.20. The van der Waals surface area contributed by atoms with Gasteiger partial charge in [-0.15, -0.1) is 0 Å². The summed E-state index contributed by atoms with van der Waals surface area (Å²) in [6, 6.07) is 13.3. The number of unbranched alkanes of at least 4 members (excludes halogenated alkanes) is 1. The van der Waals surface area contributed by atoms with Gasteiger partial charge in [-0.25, -0.2) is 4.79 Å². The van der Waals surface area contributed by atoms with Gasteiger partial charge in [0.15, 0.2) is 5.96 Å². The molecule has 4 rings (SSSR count). The zero-order valence-electron chi connectivity index (χ0n) is 43.4. The van der Waals surface area contributed by atoms with Gasteiger partial charge >= 0.3 is 5.97 Å². The lowest BCUT2D eigenvalue weighted by Crippen LogP contribution is -2.61. The third-order valence-electron chi connectivity index (χ3n) is 12.5. The molecule has 76 heavy (non-hydrogen) atoms. The molecule has 0 fully saturated rings. The van der Waals surface area contributed by atoms with Crippen molar-refractivity contribution in [3.63, 3.8) is 0 Å². The lowest BCUT2D eigenvalue weighted by Gasteiger charge is -2.29. The first kappa shape index (κ1) is 60.5. The Morgan fingerprint density at radius 1 is 0.592 bits per heavy atom. The second-order valence-corrected chi connectivity index (χ2v) is 19.3. The van der Waals surface area contributed by atoms with Gasteiger partial charge in [-0.05, 0) is 79.0 Å². The summed E-state index contributed by atoms with van der Waals surface area (Å²) in [6.45, 7) is 6.68. The van der Waals surface area contributed by atoms with Gasteiger partial charge in [0.05, 0.1) is 12.6 Å². The SMILES string of the molecule is CC(C)C(NC(=O)[C@H](NC(=O)CNC(=O)[C@@H](Cc1c[nH]c2ccccc12)NC(=O)[C@H](N)CCCCN)C(C)C)C(=O)N[C@H](Cc1ccc(O)cc1)C(=O)N[C@H](Cc1ccccc1)C(=O)N[C@H](CCCNC(=N)N)C(=O)O. The van der Waals surface area contributed by atoms with Gasteiger partial charge in [-0.1, -0.05) is 94.8 Å². The van der Waals surface area contributed by atoms with E-state index in [2.05, 4.69) is 47.5 Å². The zero-order chi connectivity index (χ0) is 55.9. The number of aromatic nitrogens is 1. The monoisotopic (exact) mass is 1050 g/mol. The molecule has 7 amide bonds. The van der Waals surface area contributed by atoms with Crippen molar-refractivity contribution in [2.45, 2.75) is 121 Å². The van der Waals surface area contributed by atoms with Gasteiger partial charge in [0.25, 0.3) is 0 Å². The molecule has 18 N–H and O–H groups in total. The number of H-pyrrole nitrogens is 1. The van der Waals surface area contributed by atoms with E-state index in [-0.39, 0.29) is 50.4 Å². The second-order valence-electron chi connectivity index (χ2n) is 19.3. The van der Waals surface area contributed by atoms with Crippen molar-refractivity contribution >= 4 is 64.2 Å². The molecule has 0 aliphatic heterocycles. The van der Waals surface area contributed by atoms with E-state index in [1.54, 1.807) is 64.2 Å². The Morgan fingerprint density at radius 2 is 1.13 bits per heavy atom. The van der Waals surface area contributed by atoms with Crippen molar-refractivity contribution in [1.29, 1.82) is 5.41 Å². The maximum Gasteiger partial charge on any atom is 0.326 e. The van der Waals surface area contributed by atoms with E-state index in [1.165, 1.54) is 24.3 Å². The van der Waals surface area contributed by atoms with Gasteiger partial charge in [0, 0.05) is 42.9 Å². The number of nitrogens with one attached hydrogen (secondary N) is 10. The number of aliphatic carboxylic acids is 1. The summed E-state index contributed by atoms with van der Waals surface area (Å²) < 4.78 is 0. The van der Waals surface area contributed by atoms with Crippen LogP contribution in [0, 0.1) is 17.2 Å². The summed E-state index contributed by atoms with van der Waals surface area (Å²) >= 11 is 0. The van der Waals surface area contributed by atoms with Crippen LogP contribution >= 0.6 is 0 Å².